The largest absolute Gasteiger partial charge is 0.495 e. The average Bonchev–Trinajstić information content (AvgIpc) is 2.88. The number of amides is 1. The molecular weight excluding hydrogens is 454 g/mol. The van der Waals surface area contributed by atoms with Crippen molar-refractivity contribution in [2.75, 3.05) is 50.6 Å². The van der Waals surface area contributed by atoms with Gasteiger partial charge in [-0.2, -0.15) is 4.31 Å². The van der Waals surface area contributed by atoms with Crippen molar-refractivity contribution in [3.8, 4) is 16.9 Å². The van der Waals surface area contributed by atoms with Gasteiger partial charge in [-0.1, -0.05) is 48.5 Å². The topological polar surface area (TPSA) is 97.0 Å². The molecule has 0 spiro atoms. The summed E-state index contributed by atoms with van der Waals surface area (Å²) in [5.74, 6) is -0.0813. The third kappa shape index (κ3) is 5.39. The minimum atomic E-state index is -3.79. The van der Waals surface area contributed by atoms with E-state index in [0.717, 1.165) is 16.8 Å². The molecule has 3 aromatic rings. The second-order valence-corrected chi connectivity index (χ2v) is 9.60. The molecule has 0 aliphatic carbocycles. The van der Waals surface area contributed by atoms with Gasteiger partial charge in [-0.15, -0.1) is 0 Å². The van der Waals surface area contributed by atoms with Crippen LogP contribution in [0.15, 0.2) is 77.7 Å². The number of methoxy groups -OCH3 is 1. The van der Waals surface area contributed by atoms with Gasteiger partial charge in [0.15, 0.2) is 0 Å². The average molecular weight is 482 g/mol. The highest BCUT2D eigenvalue weighted by Gasteiger charge is 2.29. The second-order valence-electron chi connectivity index (χ2n) is 7.70. The molecule has 1 aliphatic heterocycles. The van der Waals surface area contributed by atoms with E-state index in [-0.39, 0.29) is 36.2 Å². The van der Waals surface area contributed by atoms with Crippen molar-refractivity contribution in [1.29, 1.82) is 0 Å². The number of carbonyl (C=O) groups excluding carboxylic acids is 1. The van der Waals surface area contributed by atoms with E-state index in [2.05, 4.69) is 10.6 Å². The van der Waals surface area contributed by atoms with Crippen LogP contribution in [0.25, 0.3) is 11.1 Å². The quantitative estimate of drug-likeness (QED) is 0.512. The molecule has 4 rings (SSSR count). The molecule has 0 bridgehead atoms. The molecule has 1 saturated heterocycles. The maximum absolute atomic E-state index is 13.2. The molecule has 3 aromatic carbocycles. The fourth-order valence-corrected chi connectivity index (χ4v) is 5.36. The molecule has 0 atom stereocenters. The SMILES string of the molecule is COc1ccc(NC(=O)CNc2ccccc2-c2ccccc2)cc1S(=O)(=O)N1CCOCC1. The number of benzene rings is 3. The number of sulfonamides is 1. The van der Waals surface area contributed by atoms with Crippen molar-refractivity contribution in [1.82, 2.24) is 4.31 Å². The Balaban J connectivity index is 1.48. The number of nitrogens with zero attached hydrogens (tertiary/aromatic N) is 1. The van der Waals surface area contributed by atoms with Gasteiger partial charge in [-0.3, -0.25) is 4.79 Å². The predicted molar refractivity (Wildman–Crippen MR) is 132 cm³/mol. The summed E-state index contributed by atoms with van der Waals surface area (Å²) in [5.41, 5.74) is 3.23. The molecule has 1 fully saturated rings. The molecule has 8 nitrogen and oxygen atoms in total. The normalized spacial score (nSPS) is 14.4. The fraction of sp³-hybridized carbons (Fsp3) is 0.240. The summed E-state index contributed by atoms with van der Waals surface area (Å²) >= 11 is 0. The Labute approximate surface area is 199 Å². The highest BCUT2D eigenvalue weighted by atomic mass is 32.2. The summed E-state index contributed by atoms with van der Waals surface area (Å²) in [4.78, 5) is 12.7. The lowest BCUT2D eigenvalue weighted by atomic mass is 10.0. The first-order chi connectivity index (χ1) is 16.5. The molecule has 9 heteroatoms. The van der Waals surface area contributed by atoms with E-state index in [0.29, 0.717) is 18.9 Å². The monoisotopic (exact) mass is 481 g/mol. The zero-order valence-corrected chi connectivity index (χ0v) is 19.7. The van der Waals surface area contributed by atoms with E-state index in [1.54, 1.807) is 12.1 Å². The van der Waals surface area contributed by atoms with Gasteiger partial charge in [0.25, 0.3) is 0 Å². The Morgan fingerprint density at radius 2 is 1.71 bits per heavy atom. The van der Waals surface area contributed by atoms with E-state index < -0.39 is 10.0 Å². The van der Waals surface area contributed by atoms with E-state index in [1.165, 1.54) is 17.5 Å². The van der Waals surface area contributed by atoms with Crippen molar-refractivity contribution >= 4 is 27.3 Å². The van der Waals surface area contributed by atoms with Crippen LogP contribution in [0.4, 0.5) is 11.4 Å². The van der Waals surface area contributed by atoms with Crippen LogP contribution < -0.4 is 15.4 Å². The predicted octanol–water partition coefficient (Wildman–Crippen LogP) is 3.43. The molecule has 0 saturated carbocycles. The molecule has 0 aromatic heterocycles. The van der Waals surface area contributed by atoms with E-state index in [9.17, 15) is 13.2 Å². The molecule has 178 valence electrons. The summed E-state index contributed by atoms with van der Waals surface area (Å²) in [6, 6.07) is 22.2. The van der Waals surface area contributed by atoms with Crippen LogP contribution in [0.5, 0.6) is 5.75 Å². The molecule has 0 radical (unpaired) electrons. The van der Waals surface area contributed by atoms with Gasteiger partial charge >= 0.3 is 0 Å². The first-order valence-electron chi connectivity index (χ1n) is 10.9. The third-order valence-electron chi connectivity index (χ3n) is 5.49. The second kappa shape index (κ2) is 10.7. The lowest BCUT2D eigenvalue weighted by Gasteiger charge is -2.26. The Bertz CT molecular complexity index is 1240. The van der Waals surface area contributed by atoms with Crippen LogP contribution in [0, 0.1) is 0 Å². The zero-order chi connectivity index (χ0) is 24.0. The summed E-state index contributed by atoms with van der Waals surface area (Å²) in [7, 11) is -2.38. The van der Waals surface area contributed by atoms with Crippen molar-refractivity contribution in [3.05, 3.63) is 72.8 Å². The molecule has 1 heterocycles. The van der Waals surface area contributed by atoms with Gasteiger partial charge in [0, 0.05) is 30.0 Å². The molecule has 1 aliphatic rings. The van der Waals surface area contributed by atoms with Gasteiger partial charge in [0.2, 0.25) is 15.9 Å². The number of hydrogen-bond donors (Lipinski definition) is 2. The number of hydrogen-bond acceptors (Lipinski definition) is 6. The lowest BCUT2D eigenvalue weighted by molar-refractivity contribution is -0.114. The minimum Gasteiger partial charge on any atom is -0.495 e. The van der Waals surface area contributed by atoms with Crippen LogP contribution >= 0.6 is 0 Å². The smallest absolute Gasteiger partial charge is 0.246 e. The van der Waals surface area contributed by atoms with Crippen molar-refractivity contribution in [3.63, 3.8) is 0 Å². The van der Waals surface area contributed by atoms with E-state index >= 15 is 0 Å². The highest BCUT2D eigenvalue weighted by Crippen LogP contribution is 2.30. The van der Waals surface area contributed by atoms with Crippen LogP contribution in [0.1, 0.15) is 0 Å². The third-order valence-corrected chi connectivity index (χ3v) is 7.41. The van der Waals surface area contributed by atoms with E-state index in [4.69, 9.17) is 9.47 Å². The molecule has 34 heavy (non-hydrogen) atoms. The molecular formula is C25H27N3O5S. The summed E-state index contributed by atoms with van der Waals surface area (Å²) in [5, 5.41) is 5.95. The van der Waals surface area contributed by atoms with Gasteiger partial charge in [-0.05, 0) is 29.8 Å². The molecule has 1 amide bonds. The number of morpholine rings is 1. The van der Waals surface area contributed by atoms with E-state index in [1.807, 2.05) is 54.6 Å². The first kappa shape index (κ1) is 23.7. The number of para-hydroxylation sites is 1. The van der Waals surface area contributed by atoms with Crippen LogP contribution in [-0.2, 0) is 19.6 Å². The Kier molecular flexibility index (Phi) is 7.46. The Hall–Kier alpha value is -3.40. The molecule has 0 unspecified atom stereocenters. The van der Waals surface area contributed by atoms with Crippen molar-refractivity contribution in [2.24, 2.45) is 0 Å². The number of ether oxygens (including phenoxy) is 2. The maximum atomic E-state index is 13.2. The summed E-state index contributed by atoms with van der Waals surface area (Å²) in [6.07, 6.45) is 0. The molecule has 2 N–H and O–H groups in total. The number of rotatable bonds is 8. The zero-order valence-electron chi connectivity index (χ0n) is 18.9. The number of nitrogens with one attached hydrogen (secondary N) is 2. The van der Waals surface area contributed by atoms with Crippen LogP contribution in [0.3, 0.4) is 0 Å². The van der Waals surface area contributed by atoms with Gasteiger partial charge < -0.3 is 20.1 Å². The van der Waals surface area contributed by atoms with Gasteiger partial charge in [0.05, 0.1) is 26.9 Å². The van der Waals surface area contributed by atoms with Crippen LogP contribution in [-0.4, -0.2) is 58.6 Å². The lowest BCUT2D eigenvalue weighted by Crippen LogP contribution is -2.40. The van der Waals surface area contributed by atoms with Crippen molar-refractivity contribution < 1.29 is 22.7 Å². The Morgan fingerprint density at radius 1 is 1.00 bits per heavy atom. The first-order valence-corrected chi connectivity index (χ1v) is 12.4. The van der Waals surface area contributed by atoms with Gasteiger partial charge in [-0.25, -0.2) is 8.42 Å². The maximum Gasteiger partial charge on any atom is 0.246 e. The van der Waals surface area contributed by atoms with Crippen molar-refractivity contribution in [2.45, 2.75) is 4.90 Å². The van der Waals surface area contributed by atoms with Crippen LogP contribution in [0.2, 0.25) is 0 Å². The minimum absolute atomic E-state index is 0.0112. The standard InChI is InChI=1S/C25H27N3O5S/c1-32-23-12-11-20(17-24(23)34(30,31)28-13-15-33-16-14-28)27-25(29)18-26-22-10-6-5-9-21(22)19-7-3-2-4-8-19/h2-12,17,26H,13-16,18H2,1H3,(H,27,29). The summed E-state index contributed by atoms with van der Waals surface area (Å²) in [6.45, 7) is 1.24. The Morgan fingerprint density at radius 3 is 2.44 bits per heavy atom. The highest BCUT2D eigenvalue weighted by molar-refractivity contribution is 7.89. The van der Waals surface area contributed by atoms with Gasteiger partial charge in [0.1, 0.15) is 10.6 Å². The fourth-order valence-electron chi connectivity index (χ4n) is 3.77. The summed E-state index contributed by atoms with van der Waals surface area (Å²) < 4.78 is 38.2. The number of carbonyl (C=O) groups is 1. The number of anilines is 2.